The van der Waals surface area contributed by atoms with Crippen LogP contribution in [-0.4, -0.2) is 37.0 Å². The van der Waals surface area contributed by atoms with E-state index in [-0.39, 0.29) is 11.9 Å². The number of rotatable bonds is 7. The van der Waals surface area contributed by atoms with Crippen LogP contribution in [0.3, 0.4) is 0 Å². The molecule has 2 unspecified atom stereocenters. The van der Waals surface area contributed by atoms with Crippen molar-refractivity contribution in [2.24, 2.45) is 5.92 Å². The summed E-state index contributed by atoms with van der Waals surface area (Å²) in [5.41, 5.74) is 2.26. The molecule has 4 heteroatoms. The molecule has 1 aliphatic heterocycles. The molecule has 26 heavy (non-hydrogen) atoms. The average Bonchev–Trinajstić information content (AvgIpc) is 2.70. The molecule has 2 atom stereocenters. The Morgan fingerprint density at radius 3 is 2.54 bits per heavy atom. The predicted molar refractivity (Wildman–Crippen MR) is 104 cm³/mol. The molecule has 0 radical (unpaired) electrons. The Kier molecular flexibility index (Phi) is 6.29. The van der Waals surface area contributed by atoms with Crippen LogP contribution in [0.1, 0.15) is 31.0 Å². The van der Waals surface area contributed by atoms with Crippen LogP contribution in [0.4, 0.5) is 0 Å². The van der Waals surface area contributed by atoms with Crippen molar-refractivity contribution < 1.29 is 9.53 Å². The van der Waals surface area contributed by atoms with Gasteiger partial charge in [-0.2, -0.15) is 0 Å². The molecule has 2 aromatic carbocycles. The highest BCUT2D eigenvalue weighted by molar-refractivity contribution is 5.83. The van der Waals surface area contributed by atoms with Gasteiger partial charge >= 0.3 is 0 Å². The zero-order chi connectivity index (χ0) is 18.4. The summed E-state index contributed by atoms with van der Waals surface area (Å²) in [4.78, 5) is 15.2. The first-order chi connectivity index (χ1) is 12.7. The summed E-state index contributed by atoms with van der Waals surface area (Å²) in [5, 5.41) is 3.17. The van der Waals surface area contributed by atoms with E-state index in [0.29, 0.717) is 19.1 Å². The van der Waals surface area contributed by atoms with Crippen molar-refractivity contribution in [2.75, 3.05) is 26.2 Å². The smallest absolute Gasteiger partial charge is 0.241 e. The van der Waals surface area contributed by atoms with Crippen molar-refractivity contribution in [3.8, 4) is 5.75 Å². The van der Waals surface area contributed by atoms with Gasteiger partial charge in [0.1, 0.15) is 11.8 Å². The first-order valence-corrected chi connectivity index (χ1v) is 9.50. The van der Waals surface area contributed by atoms with Gasteiger partial charge in [-0.3, -0.25) is 9.69 Å². The number of carbonyl (C=O) groups excluding carboxylic acids is 1. The third-order valence-corrected chi connectivity index (χ3v) is 5.06. The van der Waals surface area contributed by atoms with Crippen molar-refractivity contribution in [1.82, 2.24) is 10.2 Å². The van der Waals surface area contributed by atoms with E-state index in [1.54, 1.807) is 0 Å². The fourth-order valence-electron chi connectivity index (χ4n) is 3.62. The maximum Gasteiger partial charge on any atom is 0.241 e. The lowest BCUT2D eigenvalue weighted by atomic mass is 9.96. The molecule has 1 amide bonds. The van der Waals surface area contributed by atoms with E-state index in [1.807, 2.05) is 48.5 Å². The van der Waals surface area contributed by atoms with Gasteiger partial charge in [0.2, 0.25) is 5.91 Å². The Balaban J connectivity index is 1.65. The minimum atomic E-state index is -0.247. The van der Waals surface area contributed by atoms with Crippen LogP contribution in [0.5, 0.6) is 5.75 Å². The summed E-state index contributed by atoms with van der Waals surface area (Å²) < 4.78 is 5.84. The molecule has 0 fully saturated rings. The van der Waals surface area contributed by atoms with Gasteiger partial charge in [0, 0.05) is 12.5 Å². The maximum absolute atomic E-state index is 13.0. The van der Waals surface area contributed by atoms with Crippen molar-refractivity contribution in [3.63, 3.8) is 0 Å². The van der Waals surface area contributed by atoms with Crippen LogP contribution in [-0.2, 0) is 11.2 Å². The number of amides is 1. The molecule has 0 bridgehead atoms. The fraction of sp³-hybridized carbons (Fsp3) is 0.409. The van der Waals surface area contributed by atoms with Crippen molar-refractivity contribution >= 4 is 5.91 Å². The van der Waals surface area contributed by atoms with Gasteiger partial charge < -0.3 is 10.1 Å². The molecule has 0 saturated heterocycles. The Hall–Kier alpha value is -2.33. The highest BCUT2D eigenvalue weighted by atomic mass is 16.5. The van der Waals surface area contributed by atoms with Gasteiger partial charge in [0.15, 0.2) is 0 Å². The molecule has 1 N–H and O–H groups in total. The number of ether oxygens (including phenoxy) is 1. The zero-order valence-electron chi connectivity index (χ0n) is 15.7. The molecule has 0 saturated carbocycles. The Bertz CT molecular complexity index is 713. The lowest BCUT2D eigenvalue weighted by Gasteiger charge is -2.30. The summed E-state index contributed by atoms with van der Waals surface area (Å²) in [6.07, 6.45) is 0.942. The van der Waals surface area contributed by atoms with Crippen LogP contribution in [0.25, 0.3) is 0 Å². The molecule has 0 spiro atoms. The van der Waals surface area contributed by atoms with Crippen LogP contribution in [0.15, 0.2) is 54.6 Å². The maximum atomic E-state index is 13.0. The lowest BCUT2D eigenvalue weighted by Crippen LogP contribution is -2.43. The number of likely N-dealkylation sites (N-methyl/N-ethyl adjacent to an activating group) is 1. The van der Waals surface area contributed by atoms with Crippen molar-refractivity contribution in [2.45, 2.75) is 26.3 Å². The molecule has 0 aromatic heterocycles. The third-order valence-electron chi connectivity index (χ3n) is 5.06. The standard InChI is InChI=1S/C22H28N2O2/c1-3-24(4-2)21(18-10-6-5-7-11-18)22(25)23-15-17-14-19-12-8-9-13-20(19)26-16-17/h5-13,17,21H,3-4,14-16H2,1-2H3,(H,23,25). The van der Waals surface area contributed by atoms with Crippen LogP contribution < -0.4 is 10.1 Å². The molecule has 1 heterocycles. The number of carbonyl (C=O) groups is 1. The van der Waals surface area contributed by atoms with E-state index < -0.39 is 0 Å². The molecule has 1 aliphatic rings. The first kappa shape index (κ1) is 18.5. The van der Waals surface area contributed by atoms with Gasteiger partial charge in [-0.25, -0.2) is 0 Å². The van der Waals surface area contributed by atoms with Gasteiger partial charge in [-0.05, 0) is 36.7 Å². The number of hydrogen-bond donors (Lipinski definition) is 1. The summed E-state index contributed by atoms with van der Waals surface area (Å²) in [6.45, 7) is 7.15. The van der Waals surface area contributed by atoms with Gasteiger partial charge in [0.25, 0.3) is 0 Å². The van der Waals surface area contributed by atoms with Crippen LogP contribution >= 0.6 is 0 Å². The minimum absolute atomic E-state index is 0.0683. The molecule has 2 aromatic rings. The molecule has 3 rings (SSSR count). The third kappa shape index (κ3) is 4.25. The summed E-state index contributed by atoms with van der Waals surface area (Å²) in [7, 11) is 0. The van der Waals surface area contributed by atoms with Crippen molar-refractivity contribution in [3.05, 3.63) is 65.7 Å². The monoisotopic (exact) mass is 352 g/mol. The molecule has 0 aliphatic carbocycles. The van der Waals surface area contributed by atoms with Crippen LogP contribution in [0.2, 0.25) is 0 Å². The Morgan fingerprint density at radius 1 is 1.12 bits per heavy atom. The van der Waals surface area contributed by atoms with E-state index in [4.69, 9.17) is 4.74 Å². The topological polar surface area (TPSA) is 41.6 Å². The highest BCUT2D eigenvalue weighted by Crippen LogP contribution is 2.27. The second-order valence-electron chi connectivity index (χ2n) is 6.77. The normalized spacial score (nSPS) is 17.3. The summed E-state index contributed by atoms with van der Waals surface area (Å²) >= 11 is 0. The number of hydrogen-bond acceptors (Lipinski definition) is 3. The van der Waals surface area contributed by atoms with E-state index in [1.165, 1.54) is 5.56 Å². The highest BCUT2D eigenvalue weighted by Gasteiger charge is 2.27. The van der Waals surface area contributed by atoms with Gasteiger partial charge in [-0.15, -0.1) is 0 Å². The zero-order valence-corrected chi connectivity index (χ0v) is 15.7. The second kappa shape index (κ2) is 8.86. The molecular weight excluding hydrogens is 324 g/mol. The van der Waals surface area contributed by atoms with Gasteiger partial charge in [0.05, 0.1) is 6.61 Å². The minimum Gasteiger partial charge on any atom is -0.493 e. The average molecular weight is 352 g/mol. The Morgan fingerprint density at radius 2 is 1.81 bits per heavy atom. The van der Waals surface area contributed by atoms with E-state index in [0.717, 1.165) is 30.8 Å². The number of benzene rings is 2. The predicted octanol–water partition coefficient (Wildman–Crippen LogP) is 3.44. The number of para-hydroxylation sites is 1. The number of nitrogens with one attached hydrogen (secondary N) is 1. The first-order valence-electron chi connectivity index (χ1n) is 9.50. The SMILES string of the molecule is CCN(CC)C(C(=O)NCC1COc2ccccc2C1)c1ccccc1. The van der Waals surface area contributed by atoms with E-state index >= 15 is 0 Å². The van der Waals surface area contributed by atoms with Crippen molar-refractivity contribution in [1.29, 1.82) is 0 Å². The summed E-state index contributed by atoms with van der Waals surface area (Å²) in [6, 6.07) is 17.9. The van der Waals surface area contributed by atoms with Gasteiger partial charge in [-0.1, -0.05) is 62.4 Å². The molecule has 138 valence electrons. The largest absolute Gasteiger partial charge is 0.493 e. The summed E-state index contributed by atoms with van der Waals surface area (Å²) in [5.74, 6) is 1.35. The van der Waals surface area contributed by atoms with E-state index in [2.05, 4.69) is 30.1 Å². The fourth-order valence-corrected chi connectivity index (χ4v) is 3.62. The number of fused-ring (bicyclic) bond motifs is 1. The molecule has 4 nitrogen and oxygen atoms in total. The van der Waals surface area contributed by atoms with E-state index in [9.17, 15) is 4.79 Å². The number of nitrogens with zero attached hydrogens (tertiary/aromatic N) is 1. The molecular formula is C22H28N2O2. The quantitative estimate of drug-likeness (QED) is 0.830. The lowest BCUT2D eigenvalue weighted by molar-refractivity contribution is -0.126. The second-order valence-corrected chi connectivity index (χ2v) is 6.77. The Labute approximate surface area is 156 Å². The van der Waals surface area contributed by atoms with Crippen LogP contribution in [0, 0.1) is 5.92 Å².